The van der Waals surface area contributed by atoms with Crippen LogP contribution in [0.1, 0.15) is 35.6 Å². The Balaban J connectivity index is 1.75. The second kappa shape index (κ2) is 5.69. The first-order valence-electron chi connectivity index (χ1n) is 7.24. The number of aliphatic hydroxyl groups is 1. The highest BCUT2D eigenvalue weighted by atomic mass is 16.6. The standard InChI is InChI=1S/C16H18N2O3/c19-16-7-3-5-13-10-17(11-14(13)16)9-8-12-4-1-2-6-15(12)18(20)21/h1-2,4,6,10-11,16,19H,3,5,7-9H2. The van der Waals surface area contributed by atoms with Gasteiger partial charge in [-0.3, -0.25) is 10.1 Å². The third kappa shape index (κ3) is 2.83. The zero-order chi connectivity index (χ0) is 14.8. The monoisotopic (exact) mass is 286 g/mol. The molecule has 0 aliphatic heterocycles. The summed E-state index contributed by atoms with van der Waals surface area (Å²) in [5.74, 6) is 0. The fourth-order valence-corrected chi connectivity index (χ4v) is 3.00. The number of nitro groups is 1. The molecule has 1 unspecified atom stereocenters. The Morgan fingerprint density at radius 2 is 2.14 bits per heavy atom. The molecule has 0 saturated carbocycles. The highest BCUT2D eigenvalue weighted by molar-refractivity contribution is 5.39. The average Bonchev–Trinajstić information content (AvgIpc) is 2.90. The van der Waals surface area contributed by atoms with E-state index in [-0.39, 0.29) is 16.7 Å². The van der Waals surface area contributed by atoms with Crippen LogP contribution in [0.25, 0.3) is 0 Å². The number of benzene rings is 1. The number of rotatable bonds is 4. The van der Waals surface area contributed by atoms with E-state index in [0.29, 0.717) is 13.0 Å². The summed E-state index contributed by atoms with van der Waals surface area (Å²) >= 11 is 0. The largest absolute Gasteiger partial charge is 0.388 e. The summed E-state index contributed by atoms with van der Waals surface area (Å²) in [6, 6.07) is 6.86. The van der Waals surface area contributed by atoms with E-state index in [9.17, 15) is 15.2 Å². The zero-order valence-electron chi connectivity index (χ0n) is 11.7. The second-order valence-electron chi connectivity index (χ2n) is 5.52. The number of hydrogen-bond acceptors (Lipinski definition) is 3. The van der Waals surface area contributed by atoms with E-state index in [4.69, 9.17) is 0 Å². The molecule has 5 heteroatoms. The average molecular weight is 286 g/mol. The Hall–Kier alpha value is -2.14. The SMILES string of the molecule is O=[N+]([O-])c1ccccc1CCn1cc2c(c1)C(O)CCC2. The summed E-state index contributed by atoms with van der Waals surface area (Å²) < 4.78 is 2.04. The number of aliphatic hydroxyl groups excluding tert-OH is 1. The number of nitro benzene ring substituents is 1. The third-order valence-corrected chi connectivity index (χ3v) is 4.11. The van der Waals surface area contributed by atoms with E-state index in [1.165, 1.54) is 5.56 Å². The minimum absolute atomic E-state index is 0.175. The quantitative estimate of drug-likeness (QED) is 0.694. The van der Waals surface area contributed by atoms with Crippen molar-refractivity contribution in [2.75, 3.05) is 0 Å². The molecule has 3 rings (SSSR count). The van der Waals surface area contributed by atoms with Crippen molar-refractivity contribution in [3.05, 3.63) is 63.5 Å². The minimum Gasteiger partial charge on any atom is -0.388 e. The Morgan fingerprint density at radius 3 is 2.90 bits per heavy atom. The van der Waals surface area contributed by atoms with Crippen molar-refractivity contribution >= 4 is 5.69 Å². The van der Waals surface area contributed by atoms with Crippen molar-refractivity contribution in [2.24, 2.45) is 0 Å². The lowest BCUT2D eigenvalue weighted by Crippen LogP contribution is -2.05. The van der Waals surface area contributed by atoms with Gasteiger partial charge in [0.1, 0.15) is 0 Å². The van der Waals surface area contributed by atoms with Gasteiger partial charge in [-0.15, -0.1) is 0 Å². The highest BCUT2D eigenvalue weighted by Crippen LogP contribution is 2.30. The Labute approximate surface area is 123 Å². The molecule has 0 fully saturated rings. The van der Waals surface area contributed by atoms with Gasteiger partial charge in [0.2, 0.25) is 0 Å². The molecular weight excluding hydrogens is 268 g/mol. The predicted octanol–water partition coefficient (Wildman–Crippen LogP) is 3.01. The van der Waals surface area contributed by atoms with Crippen LogP contribution in [0.4, 0.5) is 5.69 Å². The van der Waals surface area contributed by atoms with E-state index in [0.717, 1.165) is 30.4 Å². The Kier molecular flexibility index (Phi) is 3.75. The molecule has 0 saturated heterocycles. The lowest BCUT2D eigenvalue weighted by Gasteiger charge is -2.16. The van der Waals surface area contributed by atoms with Crippen LogP contribution in [-0.4, -0.2) is 14.6 Å². The van der Waals surface area contributed by atoms with Gasteiger partial charge in [0.25, 0.3) is 5.69 Å². The number of nitrogens with zero attached hydrogens (tertiary/aromatic N) is 2. The molecule has 0 amide bonds. The van der Waals surface area contributed by atoms with Gasteiger partial charge in [-0.25, -0.2) is 0 Å². The maximum atomic E-state index is 11.0. The summed E-state index contributed by atoms with van der Waals surface area (Å²) in [6.45, 7) is 0.685. The normalized spacial score (nSPS) is 17.5. The summed E-state index contributed by atoms with van der Waals surface area (Å²) in [5.41, 5.74) is 3.14. The molecule has 1 aromatic heterocycles. The fraction of sp³-hybridized carbons (Fsp3) is 0.375. The van der Waals surface area contributed by atoms with Crippen LogP contribution in [0, 0.1) is 10.1 Å². The molecule has 0 bridgehead atoms. The molecule has 0 spiro atoms. The molecule has 110 valence electrons. The first-order valence-corrected chi connectivity index (χ1v) is 7.24. The van der Waals surface area contributed by atoms with Gasteiger partial charge in [0.05, 0.1) is 11.0 Å². The molecule has 1 heterocycles. The fourth-order valence-electron chi connectivity index (χ4n) is 3.00. The molecule has 1 N–H and O–H groups in total. The zero-order valence-corrected chi connectivity index (χ0v) is 11.7. The molecule has 5 nitrogen and oxygen atoms in total. The van der Waals surface area contributed by atoms with E-state index in [2.05, 4.69) is 6.20 Å². The smallest absolute Gasteiger partial charge is 0.272 e. The van der Waals surface area contributed by atoms with Crippen molar-refractivity contribution in [1.29, 1.82) is 0 Å². The predicted molar refractivity (Wildman–Crippen MR) is 79.1 cm³/mol. The van der Waals surface area contributed by atoms with Crippen LogP contribution in [0.5, 0.6) is 0 Å². The van der Waals surface area contributed by atoms with E-state index < -0.39 is 0 Å². The first-order chi connectivity index (χ1) is 10.1. The van der Waals surface area contributed by atoms with Gasteiger partial charge in [-0.05, 0) is 31.2 Å². The third-order valence-electron chi connectivity index (χ3n) is 4.11. The Bertz CT molecular complexity index is 663. The van der Waals surface area contributed by atoms with Crippen LogP contribution in [-0.2, 0) is 19.4 Å². The highest BCUT2D eigenvalue weighted by Gasteiger charge is 2.20. The molecule has 2 aromatic rings. The number of para-hydroxylation sites is 1. The van der Waals surface area contributed by atoms with E-state index in [1.807, 2.05) is 16.8 Å². The van der Waals surface area contributed by atoms with Crippen LogP contribution in [0.2, 0.25) is 0 Å². The lowest BCUT2D eigenvalue weighted by atomic mass is 9.93. The summed E-state index contributed by atoms with van der Waals surface area (Å²) in [5, 5.41) is 21.0. The van der Waals surface area contributed by atoms with Gasteiger partial charge >= 0.3 is 0 Å². The Morgan fingerprint density at radius 1 is 1.33 bits per heavy atom. The van der Waals surface area contributed by atoms with Crippen LogP contribution < -0.4 is 0 Å². The maximum absolute atomic E-state index is 11.0. The molecular formula is C16H18N2O3. The maximum Gasteiger partial charge on any atom is 0.272 e. The van der Waals surface area contributed by atoms with Crippen molar-refractivity contribution in [3.63, 3.8) is 0 Å². The van der Waals surface area contributed by atoms with Gasteiger partial charge in [-0.2, -0.15) is 0 Å². The molecule has 1 aliphatic carbocycles. The number of aryl methyl sites for hydroxylation is 3. The summed E-state index contributed by atoms with van der Waals surface area (Å²) in [6.07, 6.45) is 7.14. The molecule has 21 heavy (non-hydrogen) atoms. The van der Waals surface area contributed by atoms with Crippen molar-refractivity contribution in [1.82, 2.24) is 4.57 Å². The summed E-state index contributed by atoms with van der Waals surface area (Å²) in [7, 11) is 0. The van der Waals surface area contributed by atoms with Crippen LogP contribution in [0.3, 0.4) is 0 Å². The summed E-state index contributed by atoms with van der Waals surface area (Å²) in [4.78, 5) is 10.7. The van der Waals surface area contributed by atoms with E-state index in [1.54, 1.807) is 18.2 Å². The van der Waals surface area contributed by atoms with Crippen LogP contribution in [0.15, 0.2) is 36.7 Å². The molecule has 1 atom stereocenters. The van der Waals surface area contributed by atoms with Crippen molar-refractivity contribution < 1.29 is 10.0 Å². The number of aromatic nitrogens is 1. The van der Waals surface area contributed by atoms with Gasteiger partial charge in [-0.1, -0.05) is 18.2 Å². The molecule has 1 aliphatic rings. The first kappa shape index (κ1) is 13.8. The molecule has 0 radical (unpaired) electrons. The van der Waals surface area contributed by atoms with Crippen LogP contribution >= 0.6 is 0 Å². The minimum atomic E-state index is -0.360. The van der Waals surface area contributed by atoms with Gasteiger partial charge in [0, 0.05) is 36.1 Å². The van der Waals surface area contributed by atoms with Crippen molar-refractivity contribution in [3.8, 4) is 0 Å². The second-order valence-corrected chi connectivity index (χ2v) is 5.52. The molecule has 1 aromatic carbocycles. The van der Waals surface area contributed by atoms with E-state index >= 15 is 0 Å². The van der Waals surface area contributed by atoms with Gasteiger partial charge in [0.15, 0.2) is 0 Å². The topological polar surface area (TPSA) is 68.3 Å². The lowest BCUT2D eigenvalue weighted by molar-refractivity contribution is -0.385. The number of fused-ring (bicyclic) bond motifs is 1. The van der Waals surface area contributed by atoms with Crippen molar-refractivity contribution in [2.45, 2.75) is 38.3 Å². The number of hydrogen-bond donors (Lipinski definition) is 1. The van der Waals surface area contributed by atoms with Gasteiger partial charge < -0.3 is 9.67 Å².